The van der Waals surface area contributed by atoms with E-state index in [1.165, 1.54) is 13.2 Å². The number of nitrogen functional groups attached to an aromatic ring is 1. The van der Waals surface area contributed by atoms with Crippen molar-refractivity contribution in [3.05, 3.63) is 35.8 Å². The van der Waals surface area contributed by atoms with Gasteiger partial charge in [-0.25, -0.2) is 9.37 Å². The lowest BCUT2D eigenvalue weighted by atomic mass is 10.3. The van der Waals surface area contributed by atoms with Crippen LogP contribution in [0.2, 0.25) is 0 Å². The molecule has 3 N–H and O–H groups in total. The lowest BCUT2D eigenvalue weighted by molar-refractivity contribution is 0.387. The Morgan fingerprint density at radius 1 is 1.28 bits per heavy atom. The molecule has 0 aliphatic rings. The number of nitrogens with one attached hydrogen (secondary N) is 1. The predicted molar refractivity (Wildman–Crippen MR) is 67.4 cm³/mol. The van der Waals surface area contributed by atoms with Gasteiger partial charge in [0.25, 0.3) is 0 Å². The van der Waals surface area contributed by atoms with Crippen molar-refractivity contribution in [3.8, 4) is 5.75 Å². The molecule has 18 heavy (non-hydrogen) atoms. The Labute approximate surface area is 104 Å². The van der Waals surface area contributed by atoms with E-state index in [1.54, 1.807) is 18.2 Å². The van der Waals surface area contributed by atoms with Gasteiger partial charge in [0.1, 0.15) is 5.82 Å². The number of methoxy groups -OCH3 is 1. The van der Waals surface area contributed by atoms with Gasteiger partial charge in [-0.2, -0.15) is 4.98 Å². The summed E-state index contributed by atoms with van der Waals surface area (Å²) in [4.78, 5) is 7.99. The van der Waals surface area contributed by atoms with Crippen molar-refractivity contribution in [2.45, 2.75) is 6.92 Å². The lowest BCUT2D eigenvalue weighted by Crippen LogP contribution is -2.01. The van der Waals surface area contributed by atoms with Crippen molar-refractivity contribution in [1.82, 2.24) is 9.97 Å². The fraction of sp³-hybridized carbons (Fsp3) is 0.167. The molecule has 0 aliphatic carbocycles. The molecule has 0 spiro atoms. The monoisotopic (exact) mass is 248 g/mol. The van der Waals surface area contributed by atoms with Gasteiger partial charge < -0.3 is 15.8 Å². The van der Waals surface area contributed by atoms with Gasteiger partial charge in [-0.1, -0.05) is 0 Å². The third-order valence-corrected chi connectivity index (χ3v) is 2.30. The molecule has 94 valence electrons. The normalized spacial score (nSPS) is 10.2. The maximum atomic E-state index is 13.2. The second kappa shape index (κ2) is 4.87. The predicted octanol–water partition coefficient (Wildman–Crippen LogP) is 2.26. The number of hydrogen-bond acceptors (Lipinski definition) is 5. The topological polar surface area (TPSA) is 73.1 Å². The van der Waals surface area contributed by atoms with Gasteiger partial charge in [-0.05, 0) is 19.1 Å². The van der Waals surface area contributed by atoms with E-state index in [4.69, 9.17) is 10.5 Å². The first-order chi connectivity index (χ1) is 8.58. The molecule has 0 amide bonds. The molecule has 0 saturated heterocycles. The fourth-order valence-corrected chi connectivity index (χ4v) is 1.54. The highest BCUT2D eigenvalue weighted by Gasteiger charge is 2.05. The summed E-state index contributed by atoms with van der Waals surface area (Å²) in [5.41, 5.74) is 6.95. The minimum atomic E-state index is -0.415. The van der Waals surface area contributed by atoms with Crippen molar-refractivity contribution in [2.75, 3.05) is 18.2 Å². The Balaban J connectivity index is 2.28. The Kier molecular flexibility index (Phi) is 3.27. The summed E-state index contributed by atoms with van der Waals surface area (Å²) < 4.78 is 18.1. The highest BCUT2D eigenvalue weighted by Crippen LogP contribution is 2.23. The molecule has 6 heteroatoms. The van der Waals surface area contributed by atoms with Gasteiger partial charge in [0.2, 0.25) is 5.95 Å². The first-order valence-electron chi connectivity index (χ1n) is 5.30. The number of nitrogens with two attached hydrogens (primary N) is 1. The molecular formula is C12H13FN4O. The SMILES string of the molecule is COc1cc(Nc2cc(C)nc(N)n2)ccc1F. The highest BCUT2D eigenvalue weighted by molar-refractivity contribution is 5.59. The summed E-state index contributed by atoms with van der Waals surface area (Å²) >= 11 is 0. The minimum absolute atomic E-state index is 0.166. The van der Waals surface area contributed by atoms with Crippen LogP contribution in [0.1, 0.15) is 5.69 Å². The molecule has 0 aliphatic heterocycles. The summed E-state index contributed by atoms with van der Waals surface area (Å²) in [6.07, 6.45) is 0. The van der Waals surface area contributed by atoms with Crippen LogP contribution >= 0.6 is 0 Å². The minimum Gasteiger partial charge on any atom is -0.494 e. The number of benzene rings is 1. The van der Waals surface area contributed by atoms with Crippen LogP contribution in [-0.2, 0) is 0 Å². The van der Waals surface area contributed by atoms with Crippen LogP contribution in [0.15, 0.2) is 24.3 Å². The molecule has 1 heterocycles. The van der Waals surface area contributed by atoms with Crippen molar-refractivity contribution in [1.29, 1.82) is 0 Å². The van der Waals surface area contributed by atoms with Crippen molar-refractivity contribution in [2.24, 2.45) is 0 Å². The van der Waals surface area contributed by atoms with E-state index in [1.807, 2.05) is 6.92 Å². The van der Waals surface area contributed by atoms with Gasteiger partial charge in [0.05, 0.1) is 7.11 Å². The van der Waals surface area contributed by atoms with Gasteiger partial charge in [0, 0.05) is 23.5 Å². The standard InChI is InChI=1S/C12H13FN4O/c1-7-5-11(17-12(14)15-7)16-8-3-4-9(13)10(6-8)18-2/h3-6H,1-2H3,(H3,14,15,16,17). The molecule has 2 aromatic rings. The summed E-state index contributed by atoms with van der Waals surface area (Å²) in [6, 6.07) is 6.19. The quantitative estimate of drug-likeness (QED) is 0.871. The van der Waals surface area contributed by atoms with Crippen molar-refractivity contribution in [3.63, 3.8) is 0 Å². The van der Waals surface area contributed by atoms with Crippen LogP contribution in [0.3, 0.4) is 0 Å². The van der Waals surface area contributed by atoms with E-state index in [0.29, 0.717) is 11.5 Å². The second-order valence-electron chi connectivity index (χ2n) is 3.73. The molecule has 0 bridgehead atoms. The molecule has 0 radical (unpaired) electrons. The van der Waals surface area contributed by atoms with Crippen molar-refractivity contribution < 1.29 is 9.13 Å². The molecule has 0 atom stereocenters. The average Bonchev–Trinajstić information content (AvgIpc) is 2.30. The molecule has 0 saturated carbocycles. The number of ether oxygens (including phenoxy) is 1. The zero-order valence-electron chi connectivity index (χ0n) is 10.1. The van der Waals surface area contributed by atoms with Gasteiger partial charge in [0.15, 0.2) is 11.6 Å². The second-order valence-corrected chi connectivity index (χ2v) is 3.73. The van der Waals surface area contributed by atoms with Crippen LogP contribution in [0.5, 0.6) is 5.75 Å². The van der Waals surface area contributed by atoms with E-state index in [9.17, 15) is 4.39 Å². The summed E-state index contributed by atoms with van der Waals surface area (Å²) in [5, 5.41) is 3.01. The zero-order chi connectivity index (χ0) is 13.1. The summed E-state index contributed by atoms with van der Waals surface area (Å²) in [6.45, 7) is 1.81. The van der Waals surface area contributed by atoms with E-state index >= 15 is 0 Å². The molecule has 2 rings (SSSR count). The number of aryl methyl sites for hydroxylation is 1. The number of rotatable bonds is 3. The van der Waals surface area contributed by atoms with Crippen molar-refractivity contribution >= 4 is 17.5 Å². The fourth-order valence-electron chi connectivity index (χ4n) is 1.54. The maximum absolute atomic E-state index is 13.2. The van der Waals surface area contributed by atoms with Crippen LogP contribution in [0.25, 0.3) is 0 Å². The number of anilines is 3. The summed E-state index contributed by atoms with van der Waals surface area (Å²) in [5.74, 6) is 0.486. The highest BCUT2D eigenvalue weighted by atomic mass is 19.1. The Morgan fingerprint density at radius 2 is 2.06 bits per heavy atom. The zero-order valence-corrected chi connectivity index (χ0v) is 10.1. The van der Waals surface area contributed by atoms with Gasteiger partial charge in [-0.3, -0.25) is 0 Å². The number of nitrogens with zero attached hydrogens (tertiary/aromatic N) is 2. The molecule has 5 nitrogen and oxygen atoms in total. The van der Waals surface area contributed by atoms with E-state index in [-0.39, 0.29) is 11.7 Å². The van der Waals surface area contributed by atoms with Gasteiger partial charge in [-0.15, -0.1) is 0 Å². The molecule has 1 aromatic carbocycles. The first-order valence-corrected chi connectivity index (χ1v) is 5.30. The van der Waals surface area contributed by atoms with Crippen LogP contribution < -0.4 is 15.8 Å². The molecule has 0 fully saturated rings. The molecule has 1 aromatic heterocycles. The summed E-state index contributed by atoms with van der Waals surface area (Å²) in [7, 11) is 1.41. The third kappa shape index (κ3) is 2.65. The molecule has 0 unspecified atom stereocenters. The Bertz CT molecular complexity index is 554. The first kappa shape index (κ1) is 12.1. The number of aromatic nitrogens is 2. The largest absolute Gasteiger partial charge is 0.494 e. The Morgan fingerprint density at radius 3 is 2.72 bits per heavy atom. The maximum Gasteiger partial charge on any atom is 0.222 e. The number of hydrogen-bond donors (Lipinski definition) is 2. The van der Waals surface area contributed by atoms with Crippen LogP contribution in [-0.4, -0.2) is 17.1 Å². The number of halogens is 1. The van der Waals surface area contributed by atoms with E-state index < -0.39 is 5.82 Å². The average molecular weight is 248 g/mol. The lowest BCUT2D eigenvalue weighted by Gasteiger charge is -2.09. The Hall–Kier alpha value is -2.37. The van der Waals surface area contributed by atoms with Crippen LogP contribution in [0, 0.1) is 12.7 Å². The van der Waals surface area contributed by atoms with Gasteiger partial charge >= 0.3 is 0 Å². The van der Waals surface area contributed by atoms with E-state index in [2.05, 4.69) is 15.3 Å². The van der Waals surface area contributed by atoms with Crippen LogP contribution in [0.4, 0.5) is 21.8 Å². The van der Waals surface area contributed by atoms with E-state index in [0.717, 1.165) is 5.69 Å². The molecular weight excluding hydrogens is 235 g/mol. The third-order valence-electron chi connectivity index (χ3n) is 2.30. The smallest absolute Gasteiger partial charge is 0.222 e.